The van der Waals surface area contributed by atoms with E-state index in [-0.39, 0.29) is 12.3 Å². The number of benzene rings is 1. The molecule has 6 nitrogen and oxygen atoms in total. The maximum Gasteiger partial charge on any atom is 0.326 e. The Bertz CT molecular complexity index is 711. The van der Waals surface area contributed by atoms with E-state index in [1.54, 1.807) is 12.5 Å². The number of hydrogen-bond donors (Lipinski definition) is 1. The molecule has 6 heteroatoms. The van der Waals surface area contributed by atoms with Crippen LogP contribution in [0.4, 0.5) is 0 Å². The number of imidazole rings is 1. The molecule has 3 rings (SSSR count). The van der Waals surface area contributed by atoms with Gasteiger partial charge in [0.2, 0.25) is 5.91 Å². The number of carbonyl (C=O) groups excluding carboxylic acids is 1. The van der Waals surface area contributed by atoms with Crippen LogP contribution in [0.1, 0.15) is 30.5 Å². The van der Waals surface area contributed by atoms with Crippen LogP contribution in [-0.4, -0.2) is 44.0 Å². The first-order valence-corrected chi connectivity index (χ1v) is 8.20. The highest BCUT2D eigenvalue weighted by molar-refractivity contribution is 5.85. The molecule has 126 valence electrons. The molecule has 1 amide bonds. The fourth-order valence-corrected chi connectivity index (χ4v) is 3.16. The molecule has 1 N–H and O–H groups in total. The zero-order valence-electron chi connectivity index (χ0n) is 13.5. The van der Waals surface area contributed by atoms with Crippen molar-refractivity contribution in [2.45, 2.75) is 38.3 Å². The van der Waals surface area contributed by atoms with Gasteiger partial charge in [0.15, 0.2) is 0 Å². The highest BCUT2D eigenvalue weighted by atomic mass is 16.4. The third kappa shape index (κ3) is 3.64. The first kappa shape index (κ1) is 16.2. The van der Waals surface area contributed by atoms with Crippen LogP contribution in [0, 0.1) is 0 Å². The molecule has 2 aromatic rings. The van der Waals surface area contributed by atoms with Crippen LogP contribution in [0.3, 0.4) is 0 Å². The zero-order valence-corrected chi connectivity index (χ0v) is 13.5. The van der Waals surface area contributed by atoms with Crippen molar-refractivity contribution >= 4 is 11.9 Å². The molecular formula is C18H21N3O3. The van der Waals surface area contributed by atoms with Crippen LogP contribution in [0.2, 0.25) is 0 Å². The van der Waals surface area contributed by atoms with Crippen molar-refractivity contribution in [1.29, 1.82) is 0 Å². The van der Waals surface area contributed by atoms with Gasteiger partial charge in [-0.2, -0.15) is 0 Å². The molecule has 2 heterocycles. The molecule has 24 heavy (non-hydrogen) atoms. The summed E-state index contributed by atoms with van der Waals surface area (Å²) in [5, 5.41) is 9.32. The van der Waals surface area contributed by atoms with Crippen molar-refractivity contribution in [3.8, 4) is 0 Å². The molecule has 1 atom stereocenters. The van der Waals surface area contributed by atoms with Crippen LogP contribution in [0.5, 0.6) is 0 Å². The minimum Gasteiger partial charge on any atom is -0.480 e. The first-order valence-electron chi connectivity index (χ1n) is 8.20. The van der Waals surface area contributed by atoms with E-state index in [1.165, 1.54) is 4.90 Å². The Hall–Kier alpha value is -2.63. The largest absolute Gasteiger partial charge is 0.480 e. The van der Waals surface area contributed by atoms with Crippen LogP contribution < -0.4 is 0 Å². The van der Waals surface area contributed by atoms with Crippen molar-refractivity contribution < 1.29 is 14.7 Å². The Balaban J connectivity index is 1.71. The Kier molecular flexibility index (Phi) is 4.93. The third-order valence-electron chi connectivity index (χ3n) is 4.43. The number of hydrogen-bond acceptors (Lipinski definition) is 3. The third-order valence-corrected chi connectivity index (χ3v) is 4.43. The lowest BCUT2D eigenvalue weighted by molar-refractivity contribution is -0.151. The average molecular weight is 327 g/mol. The van der Waals surface area contributed by atoms with Crippen molar-refractivity contribution in [1.82, 2.24) is 14.5 Å². The molecule has 1 aromatic heterocycles. The van der Waals surface area contributed by atoms with Gasteiger partial charge in [-0.05, 0) is 24.8 Å². The van der Waals surface area contributed by atoms with E-state index < -0.39 is 12.0 Å². The molecule has 0 aliphatic carbocycles. The molecule has 1 saturated heterocycles. The lowest BCUT2D eigenvalue weighted by atomic mass is 10.0. The van der Waals surface area contributed by atoms with Gasteiger partial charge < -0.3 is 14.6 Å². The first-order chi connectivity index (χ1) is 11.6. The van der Waals surface area contributed by atoms with Crippen LogP contribution in [0.25, 0.3) is 0 Å². The number of carboxylic acid groups (broad SMARTS) is 1. The second-order valence-electron chi connectivity index (χ2n) is 6.11. The SMILES string of the molecule is O=C(O)C1CCCCN1C(=O)Cc1cncn1Cc1ccccc1. The Labute approximate surface area is 140 Å². The number of aromatic nitrogens is 2. The van der Waals surface area contributed by atoms with E-state index in [9.17, 15) is 14.7 Å². The second-order valence-corrected chi connectivity index (χ2v) is 6.11. The molecule has 0 saturated carbocycles. The summed E-state index contributed by atoms with van der Waals surface area (Å²) >= 11 is 0. The van der Waals surface area contributed by atoms with Crippen molar-refractivity contribution in [2.24, 2.45) is 0 Å². The second kappa shape index (κ2) is 7.29. The van der Waals surface area contributed by atoms with Gasteiger partial charge in [0, 0.05) is 25.0 Å². The van der Waals surface area contributed by atoms with Crippen LogP contribution >= 0.6 is 0 Å². The molecule has 1 aromatic carbocycles. The van der Waals surface area contributed by atoms with Gasteiger partial charge in [0.25, 0.3) is 0 Å². The van der Waals surface area contributed by atoms with Crippen LogP contribution in [-0.2, 0) is 22.6 Å². The van der Waals surface area contributed by atoms with Gasteiger partial charge in [-0.25, -0.2) is 9.78 Å². The number of carbonyl (C=O) groups is 2. The van der Waals surface area contributed by atoms with Crippen LogP contribution in [0.15, 0.2) is 42.9 Å². The lowest BCUT2D eigenvalue weighted by Gasteiger charge is -2.33. The predicted octanol–water partition coefficient (Wildman–Crippen LogP) is 1.94. The Morgan fingerprint density at radius 3 is 2.75 bits per heavy atom. The fraction of sp³-hybridized carbons (Fsp3) is 0.389. The van der Waals surface area contributed by atoms with E-state index in [1.807, 2.05) is 34.9 Å². The number of nitrogens with zero attached hydrogens (tertiary/aromatic N) is 3. The summed E-state index contributed by atoms with van der Waals surface area (Å²) in [7, 11) is 0. The summed E-state index contributed by atoms with van der Waals surface area (Å²) in [4.78, 5) is 29.6. The molecule has 1 unspecified atom stereocenters. The summed E-state index contributed by atoms with van der Waals surface area (Å²) < 4.78 is 1.94. The van der Waals surface area contributed by atoms with E-state index in [2.05, 4.69) is 4.98 Å². The fourth-order valence-electron chi connectivity index (χ4n) is 3.16. The minimum atomic E-state index is -0.916. The number of likely N-dealkylation sites (tertiary alicyclic amines) is 1. The summed E-state index contributed by atoms with van der Waals surface area (Å²) in [6, 6.07) is 9.26. The summed E-state index contributed by atoms with van der Waals surface area (Å²) in [6.45, 7) is 1.16. The molecule has 0 spiro atoms. The summed E-state index contributed by atoms with van der Waals surface area (Å²) in [5.41, 5.74) is 1.93. The molecule has 1 aliphatic rings. The van der Waals surface area contributed by atoms with Gasteiger partial charge in [-0.15, -0.1) is 0 Å². The van der Waals surface area contributed by atoms with Gasteiger partial charge >= 0.3 is 5.97 Å². The highest BCUT2D eigenvalue weighted by Gasteiger charge is 2.32. The van der Waals surface area contributed by atoms with E-state index >= 15 is 0 Å². The van der Waals surface area contributed by atoms with Crippen molar-refractivity contribution in [3.05, 3.63) is 54.1 Å². The Morgan fingerprint density at radius 1 is 1.21 bits per heavy atom. The smallest absolute Gasteiger partial charge is 0.326 e. The molecule has 1 fully saturated rings. The molecular weight excluding hydrogens is 306 g/mol. The maximum atomic E-state index is 12.6. The highest BCUT2D eigenvalue weighted by Crippen LogP contribution is 2.19. The van der Waals surface area contributed by atoms with Crippen molar-refractivity contribution in [2.75, 3.05) is 6.54 Å². The van der Waals surface area contributed by atoms with E-state index in [4.69, 9.17) is 0 Å². The number of piperidine rings is 1. The van der Waals surface area contributed by atoms with Gasteiger partial charge in [-0.1, -0.05) is 30.3 Å². The topological polar surface area (TPSA) is 75.4 Å². The summed E-state index contributed by atoms with van der Waals surface area (Å²) in [5.74, 6) is -1.06. The predicted molar refractivity (Wildman–Crippen MR) is 88.5 cm³/mol. The molecule has 1 aliphatic heterocycles. The minimum absolute atomic E-state index is 0.142. The van der Waals surface area contributed by atoms with Gasteiger partial charge in [0.1, 0.15) is 6.04 Å². The van der Waals surface area contributed by atoms with Gasteiger partial charge in [0.05, 0.1) is 12.7 Å². The average Bonchev–Trinajstić information content (AvgIpc) is 3.02. The van der Waals surface area contributed by atoms with E-state index in [0.29, 0.717) is 19.5 Å². The number of rotatable bonds is 5. The normalized spacial score (nSPS) is 17.7. The number of amides is 1. The maximum absolute atomic E-state index is 12.6. The number of aliphatic carboxylic acids is 1. The number of carboxylic acids is 1. The molecule has 0 bridgehead atoms. The van der Waals surface area contributed by atoms with Crippen molar-refractivity contribution in [3.63, 3.8) is 0 Å². The monoisotopic (exact) mass is 327 g/mol. The summed E-state index contributed by atoms with van der Waals surface area (Å²) in [6.07, 6.45) is 5.81. The quantitative estimate of drug-likeness (QED) is 0.910. The standard InChI is InChI=1S/C18H21N3O3/c22-17(21-9-5-4-8-16(21)18(23)24)10-15-11-19-13-20(15)12-14-6-2-1-3-7-14/h1-3,6-7,11,13,16H,4-5,8-10,12H2,(H,23,24). The lowest BCUT2D eigenvalue weighted by Crippen LogP contribution is -2.48. The zero-order chi connectivity index (χ0) is 16.9. The molecule has 0 radical (unpaired) electrons. The van der Waals surface area contributed by atoms with E-state index in [0.717, 1.165) is 24.1 Å². The van der Waals surface area contributed by atoms with Gasteiger partial charge in [-0.3, -0.25) is 4.79 Å². The Morgan fingerprint density at radius 2 is 2.00 bits per heavy atom.